The number of carbonyl (C=O) groups is 1. The molecule has 0 heterocycles. The molecule has 0 spiro atoms. The smallest absolute Gasteiger partial charge is 0.246 e. The Morgan fingerprint density at radius 2 is 2.19 bits per heavy atom. The molecule has 1 amide bonds. The van der Waals surface area contributed by atoms with Crippen LogP contribution in [0.2, 0.25) is 0 Å². The minimum Gasteiger partial charge on any atom is -0.366 e. The number of rotatable bonds is 3. The van der Waals surface area contributed by atoms with Crippen molar-refractivity contribution < 1.29 is 9.53 Å². The molecule has 0 saturated heterocycles. The highest BCUT2D eigenvalue weighted by molar-refractivity contribution is 5.77. The fourth-order valence-electron chi connectivity index (χ4n) is 1.82. The number of amides is 1. The molecule has 90 valence electrons. The SMILES string of the molecule is CC(C)(C)OCC(=O)NC1CCCC1C#N. The molecule has 0 aliphatic heterocycles. The third-order valence-electron chi connectivity index (χ3n) is 2.66. The van der Waals surface area contributed by atoms with Gasteiger partial charge < -0.3 is 10.1 Å². The van der Waals surface area contributed by atoms with E-state index in [2.05, 4.69) is 11.4 Å². The molecule has 1 aliphatic rings. The van der Waals surface area contributed by atoms with Crippen LogP contribution >= 0.6 is 0 Å². The molecule has 1 N–H and O–H groups in total. The van der Waals surface area contributed by atoms with E-state index in [0.29, 0.717) is 0 Å². The van der Waals surface area contributed by atoms with Gasteiger partial charge in [-0.3, -0.25) is 4.79 Å². The van der Waals surface area contributed by atoms with Crippen molar-refractivity contribution in [2.45, 2.75) is 51.7 Å². The number of nitriles is 1. The molecule has 2 unspecified atom stereocenters. The summed E-state index contributed by atoms with van der Waals surface area (Å²) in [5, 5.41) is 11.7. The number of hydrogen-bond acceptors (Lipinski definition) is 3. The minimum absolute atomic E-state index is 0.0149. The zero-order chi connectivity index (χ0) is 12.2. The lowest BCUT2D eigenvalue weighted by atomic mass is 10.1. The van der Waals surface area contributed by atoms with Gasteiger partial charge >= 0.3 is 0 Å². The van der Waals surface area contributed by atoms with Crippen LogP contribution in [0.15, 0.2) is 0 Å². The van der Waals surface area contributed by atoms with Gasteiger partial charge in [-0.1, -0.05) is 0 Å². The average molecular weight is 224 g/mol. The van der Waals surface area contributed by atoms with E-state index < -0.39 is 0 Å². The fourth-order valence-corrected chi connectivity index (χ4v) is 1.82. The van der Waals surface area contributed by atoms with E-state index in [1.54, 1.807) is 0 Å². The first-order valence-electron chi connectivity index (χ1n) is 5.75. The second-order valence-electron chi connectivity index (χ2n) is 5.24. The number of nitrogens with one attached hydrogen (secondary N) is 1. The normalized spacial score (nSPS) is 25.1. The van der Waals surface area contributed by atoms with Crippen LogP contribution in [0.25, 0.3) is 0 Å². The van der Waals surface area contributed by atoms with Crippen molar-refractivity contribution in [1.29, 1.82) is 5.26 Å². The first-order valence-corrected chi connectivity index (χ1v) is 5.75. The van der Waals surface area contributed by atoms with E-state index >= 15 is 0 Å². The summed E-state index contributed by atoms with van der Waals surface area (Å²) in [5.74, 6) is -0.152. The molecule has 0 aromatic rings. The van der Waals surface area contributed by atoms with Crippen molar-refractivity contribution in [2.75, 3.05) is 6.61 Å². The second kappa shape index (κ2) is 5.31. The molecule has 0 radical (unpaired) electrons. The molecule has 2 atom stereocenters. The highest BCUT2D eigenvalue weighted by atomic mass is 16.5. The summed E-state index contributed by atoms with van der Waals surface area (Å²) in [6, 6.07) is 2.25. The van der Waals surface area contributed by atoms with E-state index in [1.807, 2.05) is 20.8 Å². The van der Waals surface area contributed by atoms with Gasteiger partial charge in [-0.05, 0) is 40.0 Å². The number of hydrogen-bond donors (Lipinski definition) is 1. The Kier molecular flexibility index (Phi) is 4.31. The van der Waals surface area contributed by atoms with Crippen LogP contribution in [-0.2, 0) is 9.53 Å². The van der Waals surface area contributed by atoms with Crippen molar-refractivity contribution >= 4 is 5.91 Å². The van der Waals surface area contributed by atoms with Crippen LogP contribution in [0.4, 0.5) is 0 Å². The van der Waals surface area contributed by atoms with Crippen molar-refractivity contribution in [3.05, 3.63) is 0 Å². The molecule has 0 bridgehead atoms. The molecule has 0 aromatic heterocycles. The van der Waals surface area contributed by atoms with Gasteiger partial charge in [-0.25, -0.2) is 0 Å². The first-order chi connectivity index (χ1) is 7.42. The number of ether oxygens (including phenoxy) is 1. The Balaban J connectivity index is 2.32. The van der Waals surface area contributed by atoms with Gasteiger partial charge in [0, 0.05) is 6.04 Å². The Morgan fingerprint density at radius 1 is 1.50 bits per heavy atom. The lowest BCUT2D eigenvalue weighted by Gasteiger charge is -2.21. The maximum absolute atomic E-state index is 11.6. The van der Waals surface area contributed by atoms with Gasteiger partial charge in [0.05, 0.1) is 17.6 Å². The van der Waals surface area contributed by atoms with E-state index in [1.165, 1.54) is 0 Å². The lowest BCUT2D eigenvalue weighted by molar-refractivity contribution is -0.131. The molecule has 1 aliphatic carbocycles. The molecular formula is C12H20N2O2. The zero-order valence-electron chi connectivity index (χ0n) is 10.2. The van der Waals surface area contributed by atoms with Crippen LogP contribution in [0.5, 0.6) is 0 Å². The molecule has 1 rings (SSSR count). The highest BCUT2D eigenvalue weighted by Gasteiger charge is 2.28. The Bertz CT molecular complexity index is 288. The van der Waals surface area contributed by atoms with Gasteiger partial charge in [0.1, 0.15) is 6.61 Å². The van der Waals surface area contributed by atoms with E-state index in [-0.39, 0.29) is 30.1 Å². The number of nitrogens with zero attached hydrogens (tertiary/aromatic N) is 1. The third kappa shape index (κ3) is 4.19. The third-order valence-corrected chi connectivity index (χ3v) is 2.66. The average Bonchev–Trinajstić information content (AvgIpc) is 2.61. The Hall–Kier alpha value is -1.08. The maximum Gasteiger partial charge on any atom is 0.246 e. The highest BCUT2D eigenvalue weighted by Crippen LogP contribution is 2.24. The summed E-state index contributed by atoms with van der Waals surface area (Å²) < 4.78 is 5.38. The van der Waals surface area contributed by atoms with Crippen LogP contribution in [0, 0.1) is 17.2 Å². The van der Waals surface area contributed by atoms with Gasteiger partial charge in [-0.2, -0.15) is 5.26 Å². The van der Waals surface area contributed by atoms with E-state index in [4.69, 9.17) is 10.00 Å². The van der Waals surface area contributed by atoms with Crippen molar-refractivity contribution in [1.82, 2.24) is 5.32 Å². The number of carbonyl (C=O) groups excluding carboxylic acids is 1. The van der Waals surface area contributed by atoms with Crippen LogP contribution < -0.4 is 5.32 Å². The monoisotopic (exact) mass is 224 g/mol. The largest absolute Gasteiger partial charge is 0.366 e. The van der Waals surface area contributed by atoms with E-state index in [9.17, 15) is 4.79 Å². The summed E-state index contributed by atoms with van der Waals surface area (Å²) in [6.07, 6.45) is 2.81. The van der Waals surface area contributed by atoms with Crippen molar-refractivity contribution in [2.24, 2.45) is 5.92 Å². The minimum atomic E-state index is -0.304. The summed E-state index contributed by atoms with van der Waals surface area (Å²) in [6.45, 7) is 5.80. The molecular weight excluding hydrogens is 204 g/mol. The van der Waals surface area contributed by atoms with E-state index in [0.717, 1.165) is 19.3 Å². The lowest BCUT2D eigenvalue weighted by Crippen LogP contribution is -2.40. The Morgan fingerprint density at radius 3 is 2.75 bits per heavy atom. The molecule has 4 heteroatoms. The van der Waals surface area contributed by atoms with Crippen molar-refractivity contribution in [3.63, 3.8) is 0 Å². The molecule has 1 fully saturated rings. The predicted molar refractivity (Wildman–Crippen MR) is 60.6 cm³/mol. The second-order valence-corrected chi connectivity index (χ2v) is 5.24. The quantitative estimate of drug-likeness (QED) is 0.792. The van der Waals surface area contributed by atoms with Gasteiger partial charge in [0.25, 0.3) is 0 Å². The van der Waals surface area contributed by atoms with Crippen molar-refractivity contribution in [3.8, 4) is 6.07 Å². The summed E-state index contributed by atoms with van der Waals surface area (Å²) in [4.78, 5) is 11.6. The Labute approximate surface area is 97.0 Å². The summed E-state index contributed by atoms with van der Waals surface area (Å²) in [5.41, 5.74) is -0.304. The first kappa shape index (κ1) is 13.0. The standard InChI is InChI=1S/C12H20N2O2/c1-12(2,3)16-8-11(15)14-10-6-4-5-9(10)7-13/h9-10H,4-6,8H2,1-3H3,(H,14,15). The van der Waals surface area contributed by atoms with Gasteiger partial charge in [-0.15, -0.1) is 0 Å². The van der Waals surface area contributed by atoms with Gasteiger partial charge in [0.15, 0.2) is 0 Å². The summed E-state index contributed by atoms with van der Waals surface area (Å²) in [7, 11) is 0. The zero-order valence-corrected chi connectivity index (χ0v) is 10.2. The molecule has 1 saturated carbocycles. The topological polar surface area (TPSA) is 62.1 Å². The molecule has 4 nitrogen and oxygen atoms in total. The predicted octanol–water partition coefficient (Wildman–Crippen LogP) is 1.61. The van der Waals surface area contributed by atoms with Gasteiger partial charge in [0.2, 0.25) is 5.91 Å². The van der Waals surface area contributed by atoms with Crippen LogP contribution in [0.3, 0.4) is 0 Å². The maximum atomic E-state index is 11.6. The fraction of sp³-hybridized carbons (Fsp3) is 0.833. The van der Waals surface area contributed by atoms with Crippen LogP contribution in [0.1, 0.15) is 40.0 Å². The molecule has 16 heavy (non-hydrogen) atoms. The summed E-state index contributed by atoms with van der Waals surface area (Å²) >= 11 is 0. The molecule has 0 aromatic carbocycles. The van der Waals surface area contributed by atoms with Crippen LogP contribution in [-0.4, -0.2) is 24.2 Å².